The van der Waals surface area contributed by atoms with Gasteiger partial charge in [-0.05, 0) is 87.6 Å². The third kappa shape index (κ3) is 6.67. The maximum atomic E-state index is 13.7. The van der Waals surface area contributed by atoms with Crippen LogP contribution in [0.25, 0.3) is 0 Å². The zero-order valence-corrected chi connectivity index (χ0v) is 19.4. The molecule has 0 aliphatic carbocycles. The number of nitrogens with one attached hydrogen (secondary N) is 3. The Balaban J connectivity index is 1.57. The zero-order chi connectivity index (χ0) is 23.3. The number of benzene rings is 3. The van der Waals surface area contributed by atoms with Crippen LogP contribution < -0.4 is 20.7 Å². The third-order valence-electron chi connectivity index (χ3n) is 4.13. The lowest BCUT2D eigenvalue weighted by atomic mass is 10.2. The van der Waals surface area contributed by atoms with Crippen molar-refractivity contribution in [3.8, 4) is 5.75 Å². The Labute approximate surface area is 196 Å². The Morgan fingerprint density at radius 3 is 2.06 bits per heavy atom. The predicted molar refractivity (Wildman–Crippen MR) is 132 cm³/mol. The highest BCUT2D eigenvalue weighted by molar-refractivity contribution is 7.80. The highest BCUT2D eigenvalue weighted by Gasteiger charge is 2.15. The summed E-state index contributed by atoms with van der Waals surface area (Å²) in [5.41, 5.74) is 1.59. The first-order chi connectivity index (χ1) is 15.1. The van der Waals surface area contributed by atoms with E-state index in [1.807, 2.05) is 26.8 Å². The van der Waals surface area contributed by atoms with E-state index in [2.05, 4.69) is 16.0 Å². The van der Waals surface area contributed by atoms with Gasteiger partial charge >= 0.3 is 0 Å². The van der Waals surface area contributed by atoms with Crippen LogP contribution >= 0.6 is 23.8 Å². The minimum atomic E-state index is -0.571. The Bertz CT molecular complexity index is 1130. The van der Waals surface area contributed by atoms with Crippen LogP contribution in [0.4, 0.5) is 21.5 Å². The molecule has 3 aromatic rings. The minimum Gasteiger partial charge on any atom is -0.487 e. The van der Waals surface area contributed by atoms with E-state index in [4.69, 9.17) is 28.6 Å². The largest absolute Gasteiger partial charge is 0.487 e. The summed E-state index contributed by atoms with van der Waals surface area (Å²) in [5, 5.41) is 9.63. The van der Waals surface area contributed by atoms with Gasteiger partial charge in [-0.15, -0.1) is 0 Å². The molecule has 0 radical (unpaired) electrons. The van der Waals surface area contributed by atoms with Crippen molar-refractivity contribution < 1.29 is 13.9 Å². The number of hydrogen-bond donors (Lipinski definition) is 3. The Morgan fingerprint density at radius 1 is 0.906 bits per heavy atom. The molecule has 3 rings (SSSR count). The maximum Gasteiger partial charge on any atom is 0.258 e. The van der Waals surface area contributed by atoms with Gasteiger partial charge in [0.1, 0.15) is 17.2 Å². The molecule has 0 unspecified atom stereocenters. The molecule has 0 fully saturated rings. The monoisotopic (exact) mass is 471 g/mol. The summed E-state index contributed by atoms with van der Waals surface area (Å²) >= 11 is 11.7. The van der Waals surface area contributed by atoms with Crippen molar-refractivity contribution in [1.29, 1.82) is 0 Å². The predicted octanol–water partition coefficient (Wildman–Crippen LogP) is 6.72. The van der Waals surface area contributed by atoms with Crippen LogP contribution in [-0.4, -0.2) is 16.6 Å². The highest BCUT2D eigenvalue weighted by atomic mass is 35.5. The fourth-order valence-corrected chi connectivity index (χ4v) is 3.22. The molecule has 0 heterocycles. The molecule has 0 bridgehead atoms. The number of anilines is 3. The number of carbonyl (C=O) groups is 1. The molecule has 8 heteroatoms. The van der Waals surface area contributed by atoms with Crippen LogP contribution in [-0.2, 0) is 0 Å². The molecule has 0 saturated carbocycles. The second-order valence-corrected chi connectivity index (χ2v) is 8.77. The first-order valence-electron chi connectivity index (χ1n) is 9.83. The van der Waals surface area contributed by atoms with Gasteiger partial charge in [0.15, 0.2) is 5.11 Å². The van der Waals surface area contributed by atoms with E-state index in [1.54, 1.807) is 42.5 Å². The van der Waals surface area contributed by atoms with Crippen molar-refractivity contribution in [3.63, 3.8) is 0 Å². The van der Waals surface area contributed by atoms with E-state index < -0.39 is 11.7 Å². The van der Waals surface area contributed by atoms with Gasteiger partial charge in [-0.25, -0.2) is 4.39 Å². The summed E-state index contributed by atoms with van der Waals surface area (Å²) in [5.74, 6) is -0.494. The lowest BCUT2D eigenvalue weighted by Gasteiger charge is -2.22. The van der Waals surface area contributed by atoms with E-state index in [9.17, 15) is 9.18 Å². The quantitative estimate of drug-likeness (QED) is 0.360. The number of hydrogen-bond acceptors (Lipinski definition) is 3. The van der Waals surface area contributed by atoms with Crippen molar-refractivity contribution >= 4 is 51.9 Å². The number of ether oxygens (including phenoxy) is 1. The van der Waals surface area contributed by atoms with Crippen LogP contribution in [0, 0.1) is 5.82 Å². The van der Waals surface area contributed by atoms with Crippen molar-refractivity contribution in [2.24, 2.45) is 0 Å². The molecule has 0 saturated heterocycles. The fraction of sp³-hybridized carbons (Fsp3) is 0.167. The number of halogens is 2. The lowest BCUT2D eigenvalue weighted by molar-refractivity contribution is 0.102. The number of amides is 1. The normalized spacial score (nSPS) is 10.9. The average molecular weight is 472 g/mol. The van der Waals surface area contributed by atoms with Crippen molar-refractivity contribution in [3.05, 3.63) is 83.1 Å². The molecule has 0 spiro atoms. The van der Waals surface area contributed by atoms with Gasteiger partial charge in [-0.2, -0.15) is 0 Å². The number of thiocarbonyl (C=S) groups is 1. The molecule has 0 atom stereocenters. The van der Waals surface area contributed by atoms with Crippen LogP contribution in [0.5, 0.6) is 5.75 Å². The summed E-state index contributed by atoms with van der Waals surface area (Å²) in [7, 11) is 0. The molecule has 3 aromatic carbocycles. The van der Waals surface area contributed by atoms with Gasteiger partial charge in [0, 0.05) is 17.1 Å². The first kappa shape index (κ1) is 23.5. The van der Waals surface area contributed by atoms with E-state index >= 15 is 0 Å². The maximum absolute atomic E-state index is 13.7. The van der Waals surface area contributed by atoms with Crippen molar-refractivity contribution in [1.82, 2.24) is 0 Å². The highest BCUT2D eigenvalue weighted by Crippen LogP contribution is 2.30. The molecular weight excluding hydrogens is 449 g/mol. The van der Waals surface area contributed by atoms with E-state index in [0.717, 1.165) is 0 Å². The topological polar surface area (TPSA) is 62.4 Å². The molecule has 32 heavy (non-hydrogen) atoms. The van der Waals surface area contributed by atoms with E-state index in [1.165, 1.54) is 18.2 Å². The molecule has 3 N–H and O–H groups in total. The van der Waals surface area contributed by atoms with Gasteiger partial charge in [-0.3, -0.25) is 4.79 Å². The van der Waals surface area contributed by atoms with Gasteiger partial charge in [0.05, 0.1) is 10.6 Å². The Hall–Kier alpha value is -3.16. The summed E-state index contributed by atoms with van der Waals surface area (Å²) in [6.45, 7) is 5.85. The Morgan fingerprint density at radius 2 is 1.47 bits per heavy atom. The minimum absolute atomic E-state index is 0.0161. The SMILES string of the molecule is CC(C)(C)Oc1ccc(NC(=S)Nc2ccc(NC(=O)c3ccccc3F)cc2)cc1Cl. The fourth-order valence-electron chi connectivity index (χ4n) is 2.77. The average Bonchev–Trinajstić information content (AvgIpc) is 2.71. The van der Waals surface area contributed by atoms with Crippen LogP contribution in [0.1, 0.15) is 31.1 Å². The van der Waals surface area contributed by atoms with E-state index in [-0.39, 0.29) is 11.2 Å². The van der Waals surface area contributed by atoms with E-state index in [0.29, 0.717) is 32.9 Å². The van der Waals surface area contributed by atoms with Crippen LogP contribution in [0.3, 0.4) is 0 Å². The van der Waals surface area contributed by atoms with Crippen molar-refractivity contribution in [2.75, 3.05) is 16.0 Å². The van der Waals surface area contributed by atoms with Crippen LogP contribution in [0.15, 0.2) is 66.7 Å². The number of rotatable bonds is 5. The van der Waals surface area contributed by atoms with Gasteiger partial charge in [0.2, 0.25) is 0 Å². The molecular formula is C24H23ClFN3O2S. The summed E-state index contributed by atoms with van der Waals surface area (Å²) < 4.78 is 19.5. The molecule has 0 aromatic heterocycles. The molecule has 5 nitrogen and oxygen atoms in total. The van der Waals surface area contributed by atoms with Gasteiger partial charge in [-0.1, -0.05) is 23.7 Å². The lowest BCUT2D eigenvalue weighted by Crippen LogP contribution is -2.23. The second kappa shape index (κ2) is 9.97. The smallest absolute Gasteiger partial charge is 0.258 e. The zero-order valence-electron chi connectivity index (χ0n) is 17.8. The standard InChI is InChI=1S/C24H23ClFN3O2S/c1-24(2,3)31-21-13-12-17(14-19(21)25)29-23(32)28-16-10-8-15(9-11-16)27-22(30)18-6-4-5-7-20(18)26/h4-14H,1-3H3,(H,27,30)(H2,28,29,32). The summed E-state index contributed by atoms with van der Waals surface area (Å²) in [4.78, 5) is 12.2. The summed E-state index contributed by atoms with van der Waals surface area (Å²) in [6, 6.07) is 18.0. The molecule has 0 aliphatic heterocycles. The molecule has 1 amide bonds. The second-order valence-electron chi connectivity index (χ2n) is 7.95. The first-order valence-corrected chi connectivity index (χ1v) is 10.6. The van der Waals surface area contributed by atoms with Crippen molar-refractivity contribution in [2.45, 2.75) is 26.4 Å². The number of carbonyl (C=O) groups excluding carboxylic acids is 1. The molecule has 166 valence electrons. The van der Waals surface area contributed by atoms with Crippen LogP contribution in [0.2, 0.25) is 5.02 Å². The van der Waals surface area contributed by atoms with Gasteiger partial charge < -0.3 is 20.7 Å². The van der Waals surface area contributed by atoms with Gasteiger partial charge in [0.25, 0.3) is 5.91 Å². The molecule has 0 aliphatic rings. The third-order valence-corrected chi connectivity index (χ3v) is 4.62. The summed E-state index contributed by atoms with van der Waals surface area (Å²) in [6.07, 6.45) is 0. The Kier molecular flexibility index (Phi) is 7.33.